The highest BCUT2D eigenvalue weighted by Gasteiger charge is 2.35. The van der Waals surface area contributed by atoms with Crippen LogP contribution in [-0.2, 0) is 11.2 Å². The maximum absolute atomic E-state index is 12.2. The zero-order valence-electron chi connectivity index (χ0n) is 10.1. The van der Waals surface area contributed by atoms with E-state index < -0.39 is 5.60 Å². The fraction of sp³-hybridized carbons (Fsp3) is 0.571. The van der Waals surface area contributed by atoms with Crippen LogP contribution in [0.5, 0.6) is 0 Å². The minimum absolute atomic E-state index is 0.0487. The van der Waals surface area contributed by atoms with Gasteiger partial charge in [-0.2, -0.15) is 0 Å². The lowest BCUT2D eigenvalue weighted by molar-refractivity contribution is -0.138. The first-order chi connectivity index (χ1) is 8.21. The van der Waals surface area contributed by atoms with E-state index in [-0.39, 0.29) is 5.78 Å². The van der Waals surface area contributed by atoms with Crippen molar-refractivity contribution in [3.63, 3.8) is 0 Å². The summed E-state index contributed by atoms with van der Waals surface area (Å²) in [4.78, 5) is 16.2. The van der Waals surface area contributed by atoms with E-state index in [1.165, 1.54) is 0 Å². The Hall–Kier alpha value is -1.22. The van der Waals surface area contributed by atoms with E-state index in [1.54, 1.807) is 12.4 Å². The molecule has 0 saturated heterocycles. The molecule has 1 fully saturated rings. The van der Waals surface area contributed by atoms with E-state index in [1.807, 2.05) is 12.1 Å². The van der Waals surface area contributed by atoms with E-state index in [9.17, 15) is 9.90 Å². The Bertz CT molecular complexity index is 367. The second kappa shape index (κ2) is 5.41. The van der Waals surface area contributed by atoms with Crippen LogP contribution < -0.4 is 0 Å². The van der Waals surface area contributed by atoms with Gasteiger partial charge in [-0.15, -0.1) is 0 Å². The molecule has 0 spiro atoms. The molecule has 0 bridgehead atoms. The number of carbonyl (C=O) groups is 1. The Labute approximate surface area is 102 Å². The van der Waals surface area contributed by atoms with Crippen molar-refractivity contribution >= 4 is 5.78 Å². The van der Waals surface area contributed by atoms with Crippen molar-refractivity contribution in [1.29, 1.82) is 0 Å². The van der Waals surface area contributed by atoms with Crippen LogP contribution in [0.15, 0.2) is 24.5 Å². The van der Waals surface area contributed by atoms with Crippen molar-refractivity contribution in [2.45, 2.75) is 50.5 Å². The minimum atomic E-state index is -1.09. The highest BCUT2D eigenvalue weighted by atomic mass is 16.3. The molecular weight excluding hydrogens is 214 g/mol. The van der Waals surface area contributed by atoms with E-state index in [4.69, 9.17) is 0 Å². The molecule has 0 atom stereocenters. The Balaban J connectivity index is 2.03. The number of nitrogens with zero attached hydrogens (tertiary/aromatic N) is 1. The third-order valence-electron chi connectivity index (χ3n) is 3.54. The molecule has 1 N–H and O–H groups in total. The number of aliphatic hydroxyl groups is 1. The van der Waals surface area contributed by atoms with Gasteiger partial charge in [-0.05, 0) is 24.5 Å². The first kappa shape index (κ1) is 12.2. The predicted octanol–water partition coefficient (Wildman–Crippen LogP) is 2.28. The Morgan fingerprint density at radius 1 is 1.29 bits per heavy atom. The van der Waals surface area contributed by atoms with Gasteiger partial charge in [-0.25, -0.2) is 0 Å². The van der Waals surface area contributed by atoms with E-state index in [0.717, 1.165) is 31.2 Å². The van der Waals surface area contributed by atoms with Crippen LogP contribution in [0.3, 0.4) is 0 Å². The zero-order valence-corrected chi connectivity index (χ0v) is 10.1. The molecular formula is C14H19NO2. The molecule has 0 radical (unpaired) electrons. The third kappa shape index (κ3) is 3.13. The quantitative estimate of drug-likeness (QED) is 0.815. The number of hydrogen-bond acceptors (Lipinski definition) is 3. The van der Waals surface area contributed by atoms with Gasteiger partial charge in [-0.1, -0.05) is 31.7 Å². The Morgan fingerprint density at radius 2 is 2.00 bits per heavy atom. The van der Waals surface area contributed by atoms with Crippen LogP contribution in [0.4, 0.5) is 0 Å². The van der Waals surface area contributed by atoms with E-state index in [2.05, 4.69) is 4.98 Å². The normalized spacial score (nSPS) is 19.6. The van der Waals surface area contributed by atoms with Crippen LogP contribution in [0.1, 0.15) is 44.1 Å². The van der Waals surface area contributed by atoms with Gasteiger partial charge in [0.25, 0.3) is 0 Å². The monoisotopic (exact) mass is 233 g/mol. The fourth-order valence-corrected chi connectivity index (χ4v) is 2.44. The highest BCUT2D eigenvalue weighted by molar-refractivity contribution is 5.88. The summed E-state index contributed by atoms with van der Waals surface area (Å²) in [6, 6.07) is 3.70. The number of hydrogen-bond donors (Lipinski definition) is 1. The van der Waals surface area contributed by atoms with Gasteiger partial charge in [0.2, 0.25) is 0 Å². The van der Waals surface area contributed by atoms with Crippen LogP contribution in [-0.4, -0.2) is 21.5 Å². The van der Waals surface area contributed by atoms with Crippen LogP contribution in [0.25, 0.3) is 0 Å². The van der Waals surface area contributed by atoms with E-state index in [0.29, 0.717) is 19.3 Å². The molecule has 0 aromatic carbocycles. The van der Waals surface area contributed by atoms with Gasteiger partial charge in [0.05, 0.1) is 0 Å². The molecule has 17 heavy (non-hydrogen) atoms. The zero-order chi connectivity index (χ0) is 12.1. The first-order valence-corrected chi connectivity index (χ1v) is 6.35. The highest BCUT2D eigenvalue weighted by Crippen LogP contribution is 2.28. The summed E-state index contributed by atoms with van der Waals surface area (Å²) in [5, 5.41) is 10.4. The molecule has 1 heterocycles. The summed E-state index contributed by atoms with van der Waals surface area (Å²) < 4.78 is 0. The standard InChI is InChI=1S/C14H19NO2/c16-13(10-12-6-5-9-15-11-12)14(17)7-3-1-2-4-8-14/h5-6,9,11,17H,1-4,7-8,10H2. The molecule has 2 rings (SSSR count). The summed E-state index contributed by atoms with van der Waals surface area (Å²) >= 11 is 0. The van der Waals surface area contributed by atoms with Gasteiger partial charge < -0.3 is 5.11 Å². The first-order valence-electron chi connectivity index (χ1n) is 6.35. The smallest absolute Gasteiger partial charge is 0.168 e. The predicted molar refractivity (Wildman–Crippen MR) is 65.6 cm³/mol. The molecule has 1 aliphatic carbocycles. The molecule has 1 aliphatic rings. The molecule has 1 aromatic heterocycles. The minimum Gasteiger partial charge on any atom is -0.382 e. The van der Waals surface area contributed by atoms with Crippen molar-refractivity contribution in [1.82, 2.24) is 4.98 Å². The topological polar surface area (TPSA) is 50.2 Å². The molecule has 1 saturated carbocycles. The number of aromatic nitrogens is 1. The maximum atomic E-state index is 12.2. The van der Waals surface area contributed by atoms with Gasteiger partial charge in [-0.3, -0.25) is 9.78 Å². The second-order valence-electron chi connectivity index (χ2n) is 4.91. The molecule has 0 aliphatic heterocycles. The Morgan fingerprint density at radius 3 is 2.59 bits per heavy atom. The molecule has 3 heteroatoms. The Kier molecular flexibility index (Phi) is 3.89. The fourth-order valence-electron chi connectivity index (χ4n) is 2.44. The van der Waals surface area contributed by atoms with Gasteiger partial charge in [0.15, 0.2) is 5.78 Å². The average molecular weight is 233 g/mol. The molecule has 0 unspecified atom stereocenters. The number of rotatable bonds is 3. The van der Waals surface area contributed by atoms with Crippen LogP contribution in [0.2, 0.25) is 0 Å². The van der Waals surface area contributed by atoms with Gasteiger partial charge in [0, 0.05) is 18.8 Å². The molecule has 0 amide bonds. The summed E-state index contributed by atoms with van der Waals surface area (Å²) in [5.41, 5.74) is -0.207. The maximum Gasteiger partial charge on any atom is 0.168 e. The molecule has 3 nitrogen and oxygen atoms in total. The lowest BCUT2D eigenvalue weighted by atomic mass is 9.87. The molecule has 92 valence electrons. The van der Waals surface area contributed by atoms with E-state index >= 15 is 0 Å². The summed E-state index contributed by atoms with van der Waals surface area (Å²) in [5.74, 6) is -0.0487. The second-order valence-corrected chi connectivity index (χ2v) is 4.91. The van der Waals surface area contributed by atoms with Crippen molar-refractivity contribution in [3.05, 3.63) is 30.1 Å². The summed E-state index contributed by atoms with van der Waals surface area (Å²) in [6.45, 7) is 0. The van der Waals surface area contributed by atoms with Crippen molar-refractivity contribution in [3.8, 4) is 0 Å². The van der Waals surface area contributed by atoms with Crippen molar-refractivity contribution < 1.29 is 9.90 Å². The number of carbonyl (C=O) groups excluding carboxylic acids is 1. The number of pyridine rings is 1. The lowest BCUT2D eigenvalue weighted by Gasteiger charge is -2.24. The van der Waals surface area contributed by atoms with Gasteiger partial charge in [0.1, 0.15) is 5.60 Å². The SMILES string of the molecule is O=C(Cc1cccnc1)C1(O)CCCCCC1. The number of ketones is 1. The summed E-state index contributed by atoms with van der Waals surface area (Å²) in [6.07, 6.45) is 9.07. The number of Topliss-reactive ketones (excluding diaryl/α,β-unsaturated/α-hetero) is 1. The van der Waals surface area contributed by atoms with Gasteiger partial charge >= 0.3 is 0 Å². The third-order valence-corrected chi connectivity index (χ3v) is 3.54. The average Bonchev–Trinajstić information content (AvgIpc) is 2.56. The molecule has 1 aromatic rings. The lowest BCUT2D eigenvalue weighted by Crippen LogP contribution is -2.39. The van der Waals surface area contributed by atoms with Crippen molar-refractivity contribution in [2.75, 3.05) is 0 Å². The van der Waals surface area contributed by atoms with Crippen LogP contribution >= 0.6 is 0 Å². The van der Waals surface area contributed by atoms with Crippen molar-refractivity contribution in [2.24, 2.45) is 0 Å². The largest absolute Gasteiger partial charge is 0.382 e. The summed E-state index contributed by atoms with van der Waals surface area (Å²) in [7, 11) is 0. The van der Waals surface area contributed by atoms with Crippen LogP contribution in [0, 0.1) is 0 Å².